The standard InChI is InChI=1S/C13H15N3O6S3/c1-20-9-5-4-8(6-10(9)21-2)25(18,19)16-12-14-15-13(24-12)23-7-11(17)22-3/h4-6H,7H2,1-3H3,(H,14,16). The number of nitrogens with one attached hydrogen (secondary N) is 1. The number of ether oxygens (including phenoxy) is 3. The number of thioether (sulfide) groups is 1. The molecule has 12 heteroatoms. The van der Waals surface area contributed by atoms with E-state index in [-0.39, 0.29) is 21.5 Å². The predicted octanol–water partition coefficient (Wildman–Crippen LogP) is 1.62. The lowest BCUT2D eigenvalue weighted by molar-refractivity contribution is -0.137. The molecule has 0 spiro atoms. The third-order valence-corrected chi connectivity index (χ3v) is 6.25. The van der Waals surface area contributed by atoms with Crippen molar-refractivity contribution in [1.82, 2.24) is 10.2 Å². The first-order chi connectivity index (χ1) is 11.9. The van der Waals surface area contributed by atoms with Crippen LogP contribution in [0.1, 0.15) is 0 Å². The summed E-state index contributed by atoms with van der Waals surface area (Å²) < 4.78 is 42.4. The zero-order valence-electron chi connectivity index (χ0n) is 13.5. The van der Waals surface area contributed by atoms with Gasteiger partial charge in [0, 0.05) is 6.07 Å². The number of aromatic nitrogens is 2. The molecule has 0 aliphatic heterocycles. The van der Waals surface area contributed by atoms with Crippen LogP contribution in [0.5, 0.6) is 11.5 Å². The molecule has 2 aromatic rings. The molecule has 1 aromatic heterocycles. The van der Waals surface area contributed by atoms with Crippen LogP contribution in [0.25, 0.3) is 0 Å². The molecule has 1 heterocycles. The molecule has 136 valence electrons. The highest BCUT2D eigenvalue weighted by Gasteiger charge is 2.19. The molecule has 9 nitrogen and oxygen atoms in total. The van der Waals surface area contributed by atoms with Crippen molar-refractivity contribution in [3.63, 3.8) is 0 Å². The summed E-state index contributed by atoms with van der Waals surface area (Å²) in [7, 11) is 0.283. The molecule has 0 radical (unpaired) electrons. The van der Waals surface area contributed by atoms with Gasteiger partial charge in [-0.05, 0) is 12.1 Å². The second kappa shape index (κ2) is 8.36. The number of benzene rings is 1. The molecule has 1 N–H and O–H groups in total. The van der Waals surface area contributed by atoms with Gasteiger partial charge in [0.25, 0.3) is 10.0 Å². The lowest BCUT2D eigenvalue weighted by Gasteiger charge is -2.10. The Balaban J connectivity index is 2.14. The van der Waals surface area contributed by atoms with Crippen molar-refractivity contribution in [2.24, 2.45) is 0 Å². The maximum absolute atomic E-state index is 12.4. The van der Waals surface area contributed by atoms with Crippen LogP contribution in [-0.4, -0.2) is 51.7 Å². The van der Waals surface area contributed by atoms with Crippen LogP contribution in [0.2, 0.25) is 0 Å². The molecule has 0 bridgehead atoms. The Morgan fingerprint density at radius 3 is 2.56 bits per heavy atom. The highest BCUT2D eigenvalue weighted by Crippen LogP contribution is 2.31. The lowest BCUT2D eigenvalue weighted by atomic mass is 10.3. The monoisotopic (exact) mass is 405 g/mol. The number of hydrogen-bond donors (Lipinski definition) is 1. The van der Waals surface area contributed by atoms with Crippen LogP contribution >= 0.6 is 23.1 Å². The van der Waals surface area contributed by atoms with Crippen LogP contribution in [0.3, 0.4) is 0 Å². The first-order valence-corrected chi connectivity index (χ1v) is 9.96. The highest BCUT2D eigenvalue weighted by atomic mass is 32.2. The Morgan fingerprint density at radius 2 is 1.92 bits per heavy atom. The molecule has 0 aliphatic carbocycles. The fourth-order valence-electron chi connectivity index (χ4n) is 1.65. The molecule has 0 unspecified atom stereocenters. The van der Waals surface area contributed by atoms with E-state index in [9.17, 15) is 13.2 Å². The van der Waals surface area contributed by atoms with E-state index in [1.165, 1.54) is 39.5 Å². The van der Waals surface area contributed by atoms with Crippen molar-refractivity contribution in [2.75, 3.05) is 31.8 Å². The molecule has 0 fully saturated rings. The first kappa shape index (κ1) is 19.3. The van der Waals surface area contributed by atoms with Gasteiger partial charge in [-0.15, -0.1) is 10.2 Å². The summed E-state index contributed by atoms with van der Waals surface area (Å²) in [6, 6.07) is 4.22. The van der Waals surface area contributed by atoms with E-state index in [4.69, 9.17) is 9.47 Å². The molecular formula is C13H15N3O6S3. The Morgan fingerprint density at radius 1 is 1.20 bits per heavy atom. The minimum absolute atomic E-state index is 0.0101. The minimum atomic E-state index is -3.87. The fourth-order valence-corrected chi connectivity index (χ4v) is 4.48. The van der Waals surface area contributed by atoms with Gasteiger partial charge in [0.05, 0.1) is 32.0 Å². The number of rotatable bonds is 8. The van der Waals surface area contributed by atoms with Gasteiger partial charge in [-0.2, -0.15) is 0 Å². The van der Waals surface area contributed by atoms with Crippen molar-refractivity contribution in [3.8, 4) is 11.5 Å². The average Bonchev–Trinajstić information content (AvgIpc) is 3.05. The summed E-state index contributed by atoms with van der Waals surface area (Å²) in [5.41, 5.74) is 0. The molecule has 1 aromatic carbocycles. The minimum Gasteiger partial charge on any atom is -0.493 e. The maximum Gasteiger partial charge on any atom is 0.316 e. The summed E-state index contributed by atoms with van der Waals surface area (Å²) in [6.07, 6.45) is 0. The third-order valence-electron chi connectivity index (χ3n) is 2.83. The molecule has 0 aliphatic rings. The van der Waals surface area contributed by atoms with Gasteiger partial charge in [-0.1, -0.05) is 23.1 Å². The highest BCUT2D eigenvalue weighted by molar-refractivity contribution is 8.01. The molecular weight excluding hydrogens is 390 g/mol. The van der Waals surface area contributed by atoms with Crippen LogP contribution < -0.4 is 14.2 Å². The van der Waals surface area contributed by atoms with E-state index in [0.717, 1.165) is 23.1 Å². The Kier molecular flexibility index (Phi) is 6.45. The topological polar surface area (TPSA) is 117 Å². The van der Waals surface area contributed by atoms with Gasteiger partial charge in [-0.3, -0.25) is 9.52 Å². The quantitative estimate of drug-likeness (QED) is 0.516. The van der Waals surface area contributed by atoms with E-state index in [2.05, 4.69) is 19.7 Å². The van der Waals surface area contributed by atoms with Gasteiger partial charge >= 0.3 is 5.97 Å². The average molecular weight is 405 g/mol. The van der Waals surface area contributed by atoms with E-state index < -0.39 is 16.0 Å². The van der Waals surface area contributed by atoms with Gasteiger partial charge in [0.15, 0.2) is 15.8 Å². The summed E-state index contributed by atoms with van der Waals surface area (Å²) in [5, 5.41) is 7.66. The van der Waals surface area contributed by atoms with Gasteiger partial charge in [0.2, 0.25) is 5.13 Å². The molecule has 0 amide bonds. The molecule has 0 saturated carbocycles. The zero-order valence-corrected chi connectivity index (χ0v) is 16.0. The van der Waals surface area contributed by atoms with E-state index in [1.807, 2.05) is 0 Å². The van der Waals surface area contributed by atoms with E-state index >= 15 is 0 Å². The number of esters is 1. The Bertz CT molecular complexity index is 852. The number of nitrogens with zero attached hydrogens (tertiary/aromatic N) is 2. The van der Waals surface area contributed by atoms with Crippen molar-refractivity contribution < 1.29 is 27.4 Å². The summed E-state index contributed by atoms with van der Waals surface area (Å²) in [6.45, 7) is 0. The van der Waals surface area contributed by atoms with Gasteiger partial charge < -0.3 is 14.2 Å². The Hall–Kier alpha value is -2.05. The number of sulfonamides is 1. The lowest BCUT2D eigenvalue weighted by Crippen LogP contribution is -2.13. The summed E-state index contributed by atoms with van der Waals surface area (Å²) >= 11 is 2.12. The van der Waals surface area contributed by atoms with Crippen LogP contribution in [0.15, 0.2) is 27.4 Å². The summed E-state index contributed by atoms with van der Waals surface area (Å²) in [4.78, 5) is 11.1. The number of carbonyl (C=O) groups is 1. The largest absolute Gasteiger partial charge is 0.493 e. The fraction of sp³-hybridized carbons (Fsp3) is 0.308. The second-order valence-corrected chi connectivity index (χ2v) is 8.24. The molecule has 0 atom stereocenters. The maximum atomic E-state index is 12.4. The number of methoxy groups -OCH3 is 3. The van der Waals surface area contributed by atoms with Crippen LogP contribution in [0, 0.1) is 0 Å². The molecule has 0 saturated heterocycles. The van der Waals surface area contributed by atoms with Gasteiger partial charge in [0.1, 0.15) is 0 Å². The second-order valence-electron chi connectivity index (χ2n) is 4.36. The van der Waals surface area contributed by atoms with E-state index in [1.54, 1.807) is 0 Å². The predicted molar refractivity (Wildman–Crippen MR) is 93.0 cm³/mol. The number of carbonyl (C=O) groups excluding carboxylic acids is 1. The van der Waals surface area contributed by atoms with Crippen LogP contribution in [-0.2, 0) is 19.6 Å². The molecule has 25 heavy (non-hydrogen) atoms. The normalized spacial score (nSPS) is 11.0. The number of anilines is 1. The van der Waals surface area contributed by atoms with Gasteiger partial charge in [-0.25, -0.2) is 8.42 Å². The smallest absolute Gasteiger partial charge is 0.316 e. The van der Waals surface area contributed by atoms with Crippen molar-refractivity contribution in [3.05, 3.63) is 18.2 Å². The Labute approximate surface area is 152 Å². The van der Waals surface area contributed by atoms with Crippen LogP contribution in [0.4, 0.5) is 5.13 Å². The number of hydrogen-bond acceptors (Lipinski definition) is 10. The van der Waals surface area contributed by atoms with E-state index in [0.29, 0.717) is 10.1 Å². The summed E-state index contributed by atoms with van der Waals surface area (Å²) in [5.74, 6) is 0.358. The first-order valence-electron chi connectivity index (χ1n) is 6.67. The SMILES string of the molecule is COC(=O)CSc1nnc(NS(=O)(=O)c2ccc(OC)c(OC)c2)s1. The van der Waals surface area contributed by atoms with Crippen molar-refractivity contribution in [2.45, 2.75) is 9.24 Å². The van der Waals surface area contributed by atoms with Crippen molar-refractivity contribution in [1.29, 1.82) is 0 Å². The zero-order chi connectivity index (χ0) is 18.4. The molecule has 2 rings (SSSR count). The van der Waals surface area contributed by atoms with Crippen molar-refractivity contribution >= 4 is 44.2 Å². The third kappa shape index (κ3) is 4.96.